The number of rotatable bonds is 2. The van der Waals surface area contributed by atoms with Gasteiger partial charge in [0, 0.05) is 11.9 Å². The van der Waals surface area contributed by atoms with Crippen molar-refractivity contribution < 1.29 is 0 Å². The highest BCUT2D eigenvalue weighted by Crippen LogP contribution is 2.16. The van der Waals surface area contributed by atoms with Gasteiger partial charge in [0.15, 0.2) is 0 Å². The first-order valence-corrected chi connectivity index (χ1v) is 5.74. The van der Waals surface area contributed by atoms with Gasteiger partial charge in [-0.05, 0) is 32.0 Å². The van der Waals surface area contributed by atoms with Gasteiger partial charge in [0.2, 0.25) is 5.95 Å². The minimum atomic E-state index is 0.709. The number of aromatic nitrogens is 5. The molecule has 0 saturated carbocycles. The maximum absolute atomic E-state index is 4.39. The molecule has 0 radical (unpaired) electrons. The van der Waals surface area contributed by atoms with Crippen molar-refractivity contribution in [3.8, 4) is 17.3 Å². The molecule has 0 saturated heterocycles. The van der Waals surface area contributed by atoms with E-state index in [0.29, 0.717) is 5.95 Å². The van der Waals surface area contributed by atoms with Gasteiger partial charge in [0.1, 0.15) is 0 Å². The molecule has 18 heavy (non-hydrogen) atoms. The third kappa shape index (κ3) is 1.79. The second-order valence-corrected chi connectivity index (χ2v) is 4.17. The van der Waals surface area contributed by atoms with Crippen molar-refractivity contribution in [2.75, 3.05) is 0 Å². The molecule has 0 aromatic carbocycles. The van der Waals surface area contributed by atoms with Crippen LogP contribution < -0.4 is 0 Å². The van der Waals surface area contributed by atoms with Crippen LogP contribution in [0.2, 0.25) is 0 Å². The van der Waals surface area contributed by atoms with Crippen molar-refractivity contribution in [3.05, 3.63) is 48.0 Å². The number of nitrogens with one attached hydrogen (secondary N) is 1. The largest absolute Gasteiger partial charge is 0.321 e. The van der Waals surface area contributed by atoms with Crippen molar-refractivity contribution in [1.29, 1.82) is 0 Å². The summed E-state index contributed by atoms with van der Waals surface area (Å²) in [6, 6.07) is 7.80. The minimum absolute atomic E-state index is 0.709. The molecule has 0 aliphatic rings. The first-order chi connectivity index (χ1) is 8.74. The summed E-state index contributed by atoms with van der Waals surface area (Å²) in [5.41, 5.74) is 3.79. The molecule has 0 fully saturated rings. The number of pyridine rings is 1. The Morgan fingerprint density at radius 3 is 2.72 bits per heavy atom. The molecule has 3 heterocycles. The molecular formula is C13H13N5. The van der Waals surface area contributed by atoms with E-state index in [9.17, 15) is 0 Å². The summed E-state index contributed by atoms with van der Waals surface area (Å²) >= 11 is 0. The van der Waals surface area contributed by atoms with Crippen LogP contribution in [0.5, 0.6) is 0 Å². The Bertz CT molecular complexity index is 666. The van der Waals surface area contributed by atoms with Gasteiger partial charge in [-0.2, -0.15) is 5.10 Å². The van der Waals surface area contributed by atoms with E-state index < -0.39 is 0 Å². The van der Waals surface area contributed by atoms with Gasteiger partial charge in [0.25, 0.3) is 0 Å². The number of hydrogen-bond acceptors (Lipinski definition) is 3. The van der Waals surface area contributed by atoms with Gasteiger partial charge in [0.05, 0.1) is 23.3 Å². The Kier molecular flexibility index (Phi) is 2.44. The van der Waals surface area contributed by atoms with E-state index >= 15 is 0 Å². The number of nitrogens with zero attached hydrogens (tertiary/aromatic N) is 4. The summed E-state index contributed by atoms with van der Waals surface area (Å²) in [6.45, 7) is 3.97. The fourth-order valence-corrected chi connectivity index (χ4v) is 1.91. The molecule has 90 valence electrons. The molecule has 0 atom stereocenters. The quantitative estimate of drug-likeness (QED) is 0.746. The van der Waals surface area contributed by atoms with E-state index in [2.05, 4.69) is 20.1 Å². The topological polar surface area (TPSA) is 59.4 Å². The number of H-pyrrole nitrogens is 1. The van der Waals surface area contributed by atoms with E-state index in [1.54, 1.807) is 17.1 Å². The van der Waals surface area contributed by atoms with Crippen LogP contribution in [0.3, 0.4) is 0 Å². The van der Waals surface area contributed by atoms with E-state index in [1.165, 1.54) is 0 Å². The smallest absolute Gasteiger partial charge is 0.228 e. The summed E-state index contributed by atoms with van der Waals surface area (Å²) in [7, 11) is 0. The van der Waals surface area contributed by atoms with Crippen LogP contribution in [0.1, 0.15) is 11.4 Å². The van der Waals surface area contributed by atoms with Crippen LogP contribution in [0.4, 0.5) is 0 Å². The van der Waals surface area contributed by atoms with Gasteiger partial charge < -0.3 is 4.98 Å². The summed E-state index contributed by atoms with van der Waals surface area (Å²) < 4.78 is 1.79. The molecule has 3 aromatic heterocycles. The molecular weight excluding hydrogens is 226 g/mol. The normalized spacial score (nSPS) is 10.8. The molecule has 5 nitrogen and oxygen atoms in total. The molecule has 0 amide bonds. The number of imidazole rings is 1. The third-order valence-corrected chi connectivity index (χ3v) is 2.71. The van der Waals surface area contributed by atoms with Crippen molar-refractivity contribution in [2.45, 2.75) is 13.8 Å². The second-order valence-electron chi connectivity index (χ2n) is 4.17. The maximum Gasteiger partial charge on any atom is 0.228 e. The Labute approximate surface area is 105 Å². The lowest BCUT2D eigenvalue weighted by atomic mass is 10.3. The van der Waals surface area contributed by atoms with Crippen molar-refractivity contribution in [3.63, 3.8) is 0 Å². The average molecular weight is 239 g/mol. The zero-order valence-electron chi connectivity index (χ0n) is 10.3. The maximum atomic E-state index is 4.39. The molecule has 5 heteroatoms. The monoisotopic (exact) mass is 239 g/mol. The number of aromatic amines is 1. The van der Waals surface area contributed by atoms with Crippen LogP contribution in [-0.4, -0.2) is 24.7 Å². The Morgan fingerprint density at radius 2 is 2.06 bits per heavy atom. The zero-order valence-corrected chi connectivity index (χ0v) is 10.3. The van der Waals surface area contributed by atoms with E-state index in [0.717, 1.165) is 22.8 Å². The molecule has 0 unspecified atom stereocenters. The third-order valence-electron chi connectivity index (χ3n) is 2.71. The molecule has 0 spiro atoms. The highest BCUT2D eigenvalue weighted by molar-refractivity contribution is 5.53. The molecule has 3 aromatic rings. The fraction of sp³-hybridized carbons (Fsp3) is 0.154. The van der Waals surface area contributed by atoms with E-state index in [-0.39, 0.29) is 0 Å². The summed E-state index contributed by atoms with van der Waals surface area (Å²) in [5.74, 6) is 0.709. The zero-order chi connectivity index (χ0) is 12.5. The first kappa shape index (κ1) is 10.7. The molecule has 3 rings (SSSR count). The Hall–Kier alpha value is -2.43. The Morgan fingerprint density at radius 1 is 1.17 bits per heavy atom. The van der Waals surface area contributed by atoms with Gasteiger partial charge >= 0.3 is 0 Å². The summed E-state index contributed by atoms with van der Waals surface area (Å²) in [6.07, 6.45) is 3.53. The van der Waals surface area contributed by atoms with Crippen LogP contribution in [0.25, 0.3) is 17.3 Å². The van der Waals surface area contributed by atoms with Crippen LogP contribution in [0, 0.1) is 13.8 Å². The Balaban J connectivity index is 2.02. The highest BCUT2D eigenvalue weighted by Gasteiger charge is 2.08. The average Bonchev–Trinajstić information content (AvgIpc) is 2.97. The molecule has 0 bridgehead atoms. The molecule has 0 aliphatic carbocycles. The number of hydrogen-bond donors (Lipinski definition) is 1. The minimum Gasteiger partial charge on any atom is -0.321 e. The predicted molar refractivity (Wildman–Crippen MR) is 68.4 cm³/mol. The van der Waals surface area contributed by atoms with Gasteiger partial charge in [-0.3, -0.25) is 4.98 Å². The highest BCUT2D eigenvalue weighted by atomic mass is 15.4. The first-order valence-electron chi connectivity index (χ1n) is 5.74. The van der Waals surface area contributed by atoms with Crippen LogP contribution in [-0.2, 0) is 0 Å². The number of aryl methyl sites for hydroxylation is 2. The van der Waals surface area contributed by atoms with Gasteiger partial charge in [-0.25, -0.2) is 9.67 Å². The standard InChI is InChI=1S/C13H13N5/c1-9-7-10(2)18(17-9)13-15-8-12(16-13)11-5-3-4-6-14-11/h3-8H,1-2H3,(H,15,16). The summed E-state index contributed by atoms with van der Waals surface area (Å²) in [5, 5.41) is 4.39. The van der Waals surface area contributed by atoms with Gasteiger partial charge in [-0.1, -0.05) is 6.07 Å². The van der Waals surface area contributed by atoms with Crippen LogP contribution in [0.15, 0.2) is 36.7 Å². The lowest BCUT2D eigenvalue weighted by Crippen LogP contribution is -2.01. The van der Waals surface area contributed by atoms with Crippen molar-refractivity contribution >= 4 is 0 Å². The van der Waals surface area contributed by atoms with E-state index in [1.807, 2.05) is 38.1 Å². The second kappa shape index (κ2) is 4.10. The van der Waals surface area contributed by atoms with E-state index in [4.69, 9.17) is 0 Å². The lowest BCUT2D eigenvalue weighted by Gasteiger charge is -1.98. The van der Waals surface area contributed by atoms with Crippen molar-refractivity contribution in [2.24, 2.45) is 0 Å². The SMILES string of the molecule is Cc1cc(C)n(-c2ncc(-c3ccccn3)[nH]2)n1. The van der Waals surface area contributed by atoms with Crippen LogP contribution >= 0.6 is 0 Å². The molecule has 0 aliphatic heterocycles. The van der Waals surface area contributed by atoms with Gasteiger partial charge in [-0.15, -0.1) is 0 Å². The fourth-order valence-electron chi connectivity index (χ4n) is 1.91. The lowest BCUT2D eigenvalue weighted by molar-refractivity contribution is 0.787. The predicted octanol–water partition coefficient (Wildman–Crippen LogP) is 2.27. The summed E-state index contributed by atoms with van der Waals surface area (Å²) in [4.78, 5) is 11.9. The molecule has 1 N–H and O–H groups in total. The van der Waals surface area contributed by atoms with Crippen molar-refractivity contribution in [1.82, 2.24) is 24.7 Å².